The second-order valence-corrected chi connectivity index (χ2v) is 7.16. The predicted molar refractivity (Wildman–Crippen MR) is 73.4 cm³/mol. The number of hydrogen-bond donors (Lipinski definition) is 1. The molecule has 19 heavy (non-hydrogen) atoms. The van der Waals surface area contributed by atoms with E-state index in [1.165, 1.54) is 18.2 Å². The fraction of sp³-hybridized carbons (Fsp3) is 0.455. The lowest BCUT2D eigenvalue weighted by atomic mass is 10.1. The van der Waals surface area contributed by atoms with Crippen LogP contribution >= 0.6 is 11.6 Å². The number of halogens is 1. The van der Waals surface area contributed by atoms with Crippen LogP contribution in [0.1, 0.15) is 12.8 Å². The Kier molecular flexibility index (Phi) is 3.96. The molecule has 1 aliphatic heterocycles. The summed E-state index contributed by atoms with van der Waals surface area (Å²) in [6, 6.07) is 4.12. The minimum Gasteiger partial charge on any atom is -0.381 e. The Labute approximate surface area is 115 Å². The zero-order valence-electron chi connectivity index (χ0n) is 10.0. The Hall–Kier alpha value is -1.34. The van der Waals surface area contributed by atoms with Crippen LogP contribution in [0.5, 0.6) is 0 Å². The van der Waals surface area contributed by atoms with Gasteiger partial charge in [0.1, 0.15) is 5.02 Å². The number of benzene rings is 1. The number of rotatable bonds is 3. The van der Waals surface area contributed by atoms with Crippen molar-refractivity contribution in [3.63, 3.8) is 0 Å². The Balaban J connectivity index is 2.11. The summed E-state index contributed by atoms with van der Waals surface area (Å²) in [7, 11) is -2.99. The zero-order valence-corrected chi connectivity index (χ0v) is 11.6. The molecule has 1 heterocycles. The molecule has 0 radical (unpaired) electrons. The quantitative estimate of drug-likeness (QED) is 0.683. The Morgan fingerprint density at radius 3 is 2.74 bits per heavy atom. The molecule has 2 rings (SSSR count). The van der Waals surface area contributed by atoms with Crippen LogP contribution in [0.2, 0.25) is 5.02 Å². The summed E-state index contributed by atoms with van der Waals surface area (Å²) in [5.74, 6) is 0.313. The number of nitro groups is 1. The fourth-order valence-corrected chi connectivity index (χ4v) is 4.00. The van der Waals surface area contributed by atoms with E-state index in [-0.39, 0.29) is 28.3 Å². The third-order valence-corrected chi connectivity index (χ3v) is 5.10. The molecular weight excluding hydrogens is 292 g/mol. The van der Waals surface area contributed by atoms with Gasteiger partial charge >= 0.3 is 0 Å². The summed E-state index contributed by atoms with van der Waals surface area (Å²) in [5.41, 5.74) is 0.432. The number of hydrogen-bond acceptors (Lipinski definition) is 5. The van der Waals surface area contributed by atoms with E-state index in [4.69, 9.17) is 11.6 Å². The first-order valence-electron chi connectivity index (χ1n) is 5.78. The van der Waals surface area contributed by atoms with Gasteiger partial charge in [0.05, 0.1) is 16.4 Å². The maximum Gasteiger partial charge on any atom is 0.288 e. The SMILES string of the molecule is O=[N+]([O-])c1ccc(NC2CCCS(=O)(=O)C2)cc1Cl. The van der Waals surface area contributed by atoms with Gasteiger partial charge in [0.25, 0.3) is 5.69 Å². The number of anilines is 1. The molecule has 0 aliphatic carbocycles. The summed E-state index contributed by atoms with van der Waals surface area (Å²) in [5, 5.41) is 13.7. The molecule has 104 valence electrons. The van der Waals surface area contributed by atoms with Crippen molar-refractivity contribution < 1.29 is 13.3 Å². The van der Waals surface area contributed by atoms with Crippen LogP contribution in [0.15, 0.2) is 18.2 Å². The third-order valence-electron chi connectivity index (χ3n) is 2.98. The molecule has 0 aromatic heterocycles. The van der Waals surface area contributed by atoms with Gasteiger partial charge in [0.15, 0.2) is 9.84 Å². The Morgan fingerprint density at radius 1 is 1.42 bits per heavy atom. The number of sulfone groups is 1. The van der Waals surface area contributed by atoms with Crippen LogP contribution in [0.25, 0.3) is 0 Å². The lowest BCUT2D eigenvalue weighted by Crippen LogP contribution is -2.34. The van der Waals surface area contributed by atoms with E-state index < -0.39 is 14.8 Å². The van der Waals surface area contributed by atoms with Crippen molar-refractivity contribution >= 4 is 32.8 Å². The largest absolute Gasteiger partial charge is 0.381 e. The highest BCUT2D eigenvalue weighted by Gasteiger charge is 2.24. The summed E-state index contributed by atoms with van der Waals surface area (Å²) in [6.07, 6.45) is 1.38. The fourth-order valence-electron chi connectivity index (χ4n) is 2.12. The van der Waals surface area contributed by atoms with Gasteiger partial charge in [-0.25, -0.2) is 8.42 Å². The standard InChI is InChI=1S/C11H13ClN2O4S/c12-10-6-8(3-4-11(10)14(15)16)13-9-2-1-5-19(17,18)7-9/h3-4,6,9,13H,1-2,5,7H2. The highest BCUT2D eigenvalue weighted by Crippen LogP contribution is 2.28. The minimum absolute atomic E-state index is 0.0358. The first kappa shape index (κ1) is 14.1. The van der Waals surface area contributed by atoms with E-state index in [1.54, 1.807) is 0 Å². The minimum atomic E-state index is -2.99. The smallest absolute Gasteiger partial charge is 0.288 e. The zero-order chi connectivity index (χ0) is 14.0. The van der Waals surface area contributed by atoms with Crippen LogP contribution in [0, 0.1) is 10.1 Å². The average molecular weight is 305 g/mol. The van der Waals surface area contributed by atoms with E-state index in [0.29, 0.717) is 12.1 Å². The third kappa shape index (κ3) is 3.57. The van der Waals surface area contributed by atoms with Crippen molar-refractivity contribution in [1.29, 1.82) is 0 Å². The van der Waals surface area contributed by atoms with Crippen LogP contribution in [0.4, 0.5) is 11.4 Å². The molecule has 0 bridgehead atoms. The molecule has 1 saturated heterocycles. The first-order valence-corrected chi connectivity index (χ1v) is 7.98. The Morgan fingerprint density at radius 2 is 2.16 bits per heavy atom. The molecule has 1 aromatic rings. The molecule has 1 aromatic carbocycles. The number of nitrogens with zero attached hydrogens (tertiary/aromatic N) is 1. The molecule has 6 nitrogen and oxygen atoms in total. The second-order valence-electron chi connectivity index (χ2n) is 4.52. The highest BCUT2D eigenvalue weighted by atomic mass is 35.5. The maximum absolute atomic E-state index is 11.5. The molecule has 8 heteroatoms. The van der Waals surface area contributed by atoms with Crippen molar-refractivity contribution in [1.82, 2.24) is 0 Å². The van der Waals surface area contributed by atoms with Gasteiger partial charge in [-0.1, -0.05) is 11.6 Å². The molecule has 1 unspecified atom stereocenters. The van der Waals surface area contributed by atoms with E-state index in [2.05, 4.69) is 5.32 Å². The summed E-state index contributed by atoms with van der Waals surface area (Å²) >= 11 is 5.80. The Bertz CT molecular complexity index is 603. The van der Waals surface area contributed by atoms with Crippen LogP contribution < -0.4 is 5.32 Å². The molecule has 1 atom stereocenters. The van der Waals surface area contributed by atoms with Gasteiger partial charge in [0, 0.05) is 17.8 Å². The molecular formula is C11H13ClN2O4S. The normalized spacial score (nSPS) is 21.8. The van der Waals surface area contributed by atoms with E-state index in [9.17, 15) is 18.5 Å². The summed E-state index contributed by atoms with van der Waals surface area (Å²) < 4.78 is 23.0. The van der Waals surface area contributed by atoms with Gasteiger partial charge < -0.3 is 5.32 Å². The molecule has 0 saturated carbocycles. The first-order chi connectivity index (χ1) is 8.87. The van der Waals surface area contributed by atoms with Gasteiger partial charge in [-0.15, -0.1) is 0 Å². The predicted octanol–water partition coefficient (Wildman–Crippen LogP) is 2.24. The van der Waals surface area contributed by atoms with Crippen molar-refractivity contribution in [2.24, 2.45) is 0 Å². The van der Waals surface area contributed by atoms with E-state index >= 15 is 0 Å². The molecule has 1 aliphatic rings. The maximum atomic E-state index is 11.5. The van der Waals surface area contributed by atoms with Crippen molar-refractivity contribution in [2.45, 2.75) is 18.9 Å². The van der Waals surface area contributed by atoms with Gasteiger partial charge in [0.2, 0.25) is 0 Å². The lowest BCUT2D eigenvalue weighted by Gasteiger charge is -2.24. The van der Waals surface area contributed by atoms with Crippen molar-refractivity contribution in [3.8, 4) is 0 Å². The van der Waals surface area contributed by atoms with E-state index in [1.807, 2.05) is 0 Å². The molecule has 1 N–H and O–H groups in total. The van der Waals surface area contributed by atoms with Gasteiger partial charge in [-0.3, -0.25) is 10.1 Å². The van der Waals surface area contributed by atoms with Gasteiger partial charge in [-0.2, -0.15) is 0 Å². The lowest BCUT2D eigenvalue weighted by molar-refractivity contribution is -0.384. The highest BCUT2D eigenvalue weighted by molar-refractivity contribution is 7.91. The monoisotopic (exact) mass is 304 g/mol. The van der Waals surface area contributed by atoms with Crippen LogP contribution in [0.3, 0.4) is 0 Å². The number of nitrogens with one attached hydrogen (secondary N) is 1. The van der Waals surface area contributed by atoms with Crippen molar-refractivity contribution in [3.05, 3.63) is 33.3 Å². The second kappa shape index (κ2) is 5.34. The van der Waals surface area contributed by atoms with E-state index in [0.717, 1.165) is 6.42 Å². The van der Waals surface area contributed by atoms with Gasteiger partial charge in [-0.05, 0) is 25.0 Å². The summed E-state index contributed by atoms with van der Waals surface area (Å²) in [6.45, 7) is 0. The summed E-state index contributed by atoms with van der Waals surface area (Å²) in [4.78, 5) is 10.1. The van der Waals surface area contributed by atoms with Crippen LogP contribution in [-0.4, -0.2) is 30.9 Å². The molecule has 1 fully saturated rings. The number of nitro benzene ring substituents is 1. The van der Waals surface area contributed by atoms with Crippen LogP contribution in [-0.2, 0) is 9.84 Å². The van der Waals surface area contributed by atoms with Crippen molar-refractivity contribution in [2.75, 3.05) is 16.8 Å². The molecule has 0 amide bonds. The average Bonchev–Trinajstić information content (AvgIpc) is 2.27. The molecule has 0 spiro atoms. The topological polar surface area (TPSA) is 89.3 Å².